The smallest absolute Gasteiger partial charge is 0.414 e. The van der Waals surface area contributed by atoms with Crippen molar-refractivity contribution in [3.63, 3.8) is 0 Å². The van der Waals surface area contributed by atoms with Crippen LogP contribution in [0.4, 0.5) is 16.7 Å². The van der Waals surface area contributed by atoms with E-state index in [0.29, 0.717) is 30.4 Å². The summed E-state index contributed by atoms with van der Waals surface area (Å²) in [4.78, 5) is 52.0. The molecule has 1 aliphatic carbocycles. The normalized spacial score (nSPS) is 15.5. The van der Waals surface area contributed by atoms with E-state index in [1.165, 1.54) is 10.1 Å². The number of benzene rings is 2. The van der Waals surface area contributed by atoms with E-state index in [4.69, 9.17) is 4.74 Å². The number of hydrogen-bond donors (Lipinski definition) is 3. The fourth-order valence-corrected chi connectivity index (χ4v) is 5.69. The topological polar surface area (TPSA) is 177 Å². The van der Waals surface area contributed by atoms with Crippen LogP contribution in [-0.2, 0) is 11.2 Å². The van der Waals surface area contributed by atoms with E-state index in [1.807, 2.05) is 24.0 Å². The van der Waals surface area contributed by atoms with Crippen LogP contribution in [0.3, 0.4) is 0 Å². The van der Waals surface area contributed by atoms with Gasteiger partial charge in [0.2, 0.25) is 5.95 Å². The van der Waals surface area contributed by atoms with Crippen LogP contribution < -0.4 is 21.5 Å². The van der Waals surface area contributed by atoms with Crippen molar-refractivity contribution in [3.8, 4) is 5.82 Å². The highest BCUT2D eigenvalue weighted by Crippen LogP contribution is 2.38. The maximum absolute atomic E-state index is 13.5. The average molecular weight is 605 g/mol. The molecule has 0 saturated carbocycles. The number of H-pyrrole nitrogens is 2. The van der Waals surface area contributed by atoms with Crippen molar-refractivity contribution < 1.29 is 9.53 Å². The second-order valence-corrected chi connectivity index (χ2v) is 10.9. The predicted octanol–water partition coefficient (Wildman–Crippen LogP) is 2.80. The molecule has 14 heteroatoms. The highest BCUT2D eigenvalue weighted by atomic mass is 16.6. The molecule has 0 radical (unpaired) electrons. The summed E-state index contributed by atoms with van der Waals surface area (Å²) in [5, 5.41) is 15.3. The molecule has 1 unspecified atom stereocenters. The van der Waals surface area contributed by atoms with Crippen molar-refractivity contribution in [2.24, 2.45) is 0 Å². The lowest BCUT2D eigenvalue weighted by molar-refractivity contribution is 0.0918. The molecule has 4 heterocycles. The van der Waals surface area contributed by atoms with Crippen LogP contribution in [-0.4, -0.2) is 65.4 Å². The summed E-state index contributed by atoms with van der Waals surface area (Å²) in [6.45, 7) is 4.83. The molecule has 3 N–H and O–H groups in total. The summed E-state index contributed by atoms with van der Waals surface area (Å²) in [5.74, 6) is 0.216. The Kier molecular flexibility index (Phi) is 7.00. The van der Waals surface area contributed by atoms with Gasteiger partial charge in [-0.15, -0.1) is 5.10 Å². The van der Waals surface area contributed by atoms with Gasteiger partial charge in [0.15, 0.2) is 0 Å². The highest BCUT2D eigenvalue weighted by molar-refractivity contribution is 5.82. The van der Waals surface area contributed by atoms with Gasteiger partial charge < -0.3 is 9.64 Å². The molecule has 0 bridgehead atoms. The fourth-order valence-electron chi connectivity index (χ4n) is 5.69. The Bertz CT molecular complexity index is 2060. The maximum Gasteiger partial charge on any atom is 0.414 e. The number of carbonyl (C=O) groups is 1. The van der Waals surface area contributed by atoms with Crippen molar-refractivity contribution in [2.75, 3.05) is 23.3 Å². The van der Waals surface area contributed by atoms with Crippen LogP contribution in [0.1, 0.15) is 51.8 Å². The first-order chi connectivity index (χ1) is 21.9. The van der Waals surface area contributed by atoms with Gasteiger partial charge in [-0.2, -0.15) is 10.2 Å². The van der Waals surface area contributed by atoms with E-state index < -0.39 is 29.4 Å². The molecule has 226 valence electrons. The Balaban J connectivity index is 1.20. The van der Waals surface area contributed by atoms with Crippen molar-refractivity contribution >= 4 is 30.1 Å². The summed E-state index contributed by atoms with van der Waals surface area (Å²) < 4.78 is 6.70. The van der Waals surface area contributed by atoms with Gasteiger partial charge in [0.05, 0.1) is 13.1 Å². The summed E-state index contributed by atoms with van der Waals surface area (Å²) in [7, 11) is 0. The van der Waals surface area contributed by atoms with E-state index in [-0.39, 0.29) is 5.95 Å². The van der Waals surface area contributed by atoms with Crippen molar-refractivity contribution in [1.82, 2.24) is 40.1 Å². The number of tetrazole rings is 1. The minimum atomic E-state index is -0.707. The second-order valence-electron chi connectivity index (χ2n) is 10.9. The third-order valence-electron chi connectivity index (χ3n) is 7.99. The number of fused-ring (bicyclic) bond motifs is 2. The standard InChI is InChI=1S/C31H28N10O4/c1-3-18-5-9-23-20(13-18)7-6-19-12-17(2)4-8-22(19)26(23)24-16-41(30(43)34-27(24)42)25-10-11-32-29(33-25)40-14-21(15-40)45-31(44)35-28-36-38-39-37-28/h4-13,16,21,26H,3,14-15H2,1-2H3,(H,34,42,43)(H2,35,36,37,38,39,44). The number of aromatic nitrogens is 8. The summed E-state index contributed by atoms with van der Waals surface area (Å²) in [6.07, 6.45) is 7.06. The molecule has 1 amide bonds. The van der Waals surface area contributed by atoms with Crippen molar-refractivity contribution in [1.29, 1.82) is 0 Å². The quantitative estimate of drug-likeness (QED) is 0.256. The van der Waals surface area contributed by atoms with E-state index in [9.17, 15) is 14.4 Å². The molecule has 14 nitrogen and oxygen atoms in total. The molecule has 2 aromatic carbocycles. The van der Waals surface area contributed by atoms with Crippen LogP contribution in [0, 0.1) is 6.92 Å². The number of nitrogens with zero attached hydrogens (tertiary/aromatic N) is 7. The van der Waals surface area contributed by atoms with E-state index in [0.717, 1.165) is 34.2 Å². The number of hydrogen-bond acceptors (Lipinski definition) is 10. The third kappa shape index (κ3) is 5.37. The maximum atomic E-state index is 13.5. The zero-order valence-electron chi connectivity index (χ0n) is 24.4. The van der Waals surface area contributed by atoms with E-state index >= 15 is 0 Å². The number of anilines is 2. The first-order valence-corrected chi connectivity index (χ1v) is 14.4. The first kappa shape index (κ1) is 27.9. The monoisotopic (exact) mass is 604 g/mol. The molecule has 1 atom stereocenters. The van der Waals surface area contributed by atoms with Gasteiger partial charge in [0, 0.05) is 29.9 Å². The summed E-state index contributed by atoms with van der Waals surface area (Å²) >= 11 is 0. The minimum Gasteiger partial charge on any atom is -0.442 e. The van der Waals surface area contributed by atoms with Gasteiger partial charge in [-0.3, -0.25) is 19.7 Å². The van der Waals surface area contributed by atoms with Gasteiger partial charge >= 0.3 is 11.8 Å². The van der Waals surface area contributed by atoms with Crippen LogP contribution >= 0.6 is 0 Å². The number of carbonyl (C=O) groups excluding carboxylic acids is 1. The number of aryl methyl sites for hydroxylation is 2. The number of ether oxygens (including phenoxy) is 1. The molecule has 2 aliphatic rings. The Morgan fingerprint density at radius 1 is 1.04 bits per heavy atom. The van der Waals surface area contributed by atoms with Crippen LogP contribution in [0.15, 0.2) is 64.4 Å². The predicted molar refractivity (Wildman–Crippen MR) is 165 cm³/mol. The number of amides is 1. The van der Waals surface area contributed by atoms with Gasteiger partial charge in [0.1, 0.15) is 11.9 Å². The lowest BCUT2D eigenvalue weighted by atomic mass is 9.82. The molecule has 7 rings (SSSR count). The summed E-state index contributed by atoms with van der Waals surface area (Å²) in [6, 6.07) is 14.1. The highest BCUT2D eigenvalue weighted by Gasteiger charge is 2.33. The Morgan fingerprint density at radius 2 is 1.82 bits per heavy atom. The molecule has 3 aromatic heterocycles. The number of rotatable bonds is 6. The first-order valence-electron chi connectivity index (χ1n) is 14.4. The molecule has 45 heavy (non-hydrogen) atoms. The Morgan fingerprint density at radius 3 is 2.58 bits per heavy atom. The SMILES string of the molecule is CCc1ccc2c(c1)C=Cc1cc(C)ccc1C2c1cn(-c2ccnc(N3CC(OC(=O)Nc4nn[nH]n4)C3)n2)c(=O)[nH]c1=O. The van der Waals surface area contributed by atoms with Gasteiger partial charge in [0.25, 0.3) is 11.5 Å². The largest absolute Gasteiger partial charge is 0.442 e. The molecule has 1 saturated heterocycles. The molecule has 5 aromatic rings. The van der Waals surface area contributed by atoms with Crippen LogP contribution in [0.5, 0.6) is 0 Å². The molecule has 1 aliphatic heterocycles. The van der Waals surface area contributed by atoms with E-state index in [1.54, 1.807) is 18.5 Å². The van der Waals surface area contributed by atoms with Gasteiger partial charge in [-0.25, -0.2) is 14.6 Å². The minimum absolute atomic E-state index is 0.00541. The lowest BCUT2D eigenvalue weighted by Gasteiger charge is -2.38. The van der Waals surface area contributed by atoms with Crippen molar-refractivity contribution in [3.05, 3.63) is 115 Å². The second kappa shape index (κ2) is 11.3. The fraction of sp³-hybridized carbons (Fsp3) is 0.226. The number of nitrogens with one attached hydrogen (secondary N) is 3. The van der Waals surface area contributed by atoms with Crippen LogP contribution in [0.2, 0.25) is 0 Å². The zero-order valence-corrected chi connectivity index (χ0v) is 24.4. The van der Waals surface area contributed by atoms with E-state index in [2.05, 4.69) is 84.2 Å². The number of aromatic amines is 2. The zero-order chi connectivity index (χ0) is 31.1. The Hall–Kier alpha value is -5.92. The van der Waals surface area contributed by atoms with Gasteiger partial charge in [-0.05, 0) is 46.4 Å². The Labute approximate surface area is 255 Å². The molecule has 1 fully saturated rings. The molecular formula is C31H28N10O4. The molecule has 0 spiro atoms. The summed E-state index contributed by atoms with van der Waals surface area (Å²) in [5.41, 5.74) is 5.61. The average Bonchev–Trinajstić information content (AvgIpc) is 3.47. The third-order valence-corrected chi connectivity index (χ3v) is 7.99. The van der Waals surface area contributed by atoms with Gasteiger partial charge in [-0.1, -0.05) is 66.1 Å². The van der Waals surface area contributed by atoms with Crippen molar-refractivity contribution in [2.45, 2.75) is 32.3 Å². The lowest BCUT2D eigenvalue weighted by Crippen LogP contribution is -2.54. The molecular weight excluding hydrogens is 576 g/mol. The van der Waals surface area contributed by atoms with Crippen LogP contribution in [0.25, 0.3) is 18.0 Å².